The number of rotatable bonds is 8. The number of nitrogens with zero attached hydrogens (tertiary/aromatic N) is 3. The molecule has 0 saturated carbocycles. The van der Waals surface area contributed by atoms with E-state index in [0.29, 0.717) is 18.9 Å². The lowest BCUT2D eigenvalue weighted by Gasteiger charge is -2.44. The monoisotopic (exact) mass is 449 g/mol. The van der Waals surface area contributed by atoms with Gasteiger partial charge < -0.3 is 19.4 Å². The number of amides is 1. The summed E-state index contributed by atoms with van der Waals surface area (Å²) in [5.74, 6) is 1.80. The second kappa shape index (κ2) is 11.0. The number of piperazine rings is 1. The zero-order chi connectivity index (χ0) is 22.4. The lowest BCUT2D eigenvalue weighted by molar-refractivity contribution is -0.137. The van der Waals surface area contributed by atoms with E-state index in [1.54, 1.807) is 0 Å². The highest BCUT2D eigenvalue weighted by Gasteiger charge is 2.40. The van der Waals surface area contributed by atoms with Crippen LogP contribution in [0.5, 0.6) is 5.75 Å². The third-order valence-electron chi connectivity index (χ3n) is 7.06. The van der Waals surface area contributed by atoms with Crippen molar-refractivity contribution in [3.8, 4) is 5.75 Å². The molecule has 2 aliphatic rings. The van der Waals surface area contributed by atoms with Crippen LogP contribution < -0.4 is 4.74 Å². The van der Waals surface area contributed by atoms with E-state index in [9.17, 15) is 4.79 Å². The second-order valence-electron chi connectivity index (χ2n) is 9.91. The smallest absolute Gasteiger partial charge is 0.223 e. The van der Waals surface area contributed by atoms with E-state index in [1.807, 2.05) is 25.1 Å². The van der Waals surface area contributed by atoms with Crippen molar-refractivity contribution >= 4 is 17.5 Å². The highest BCUT2D eigenvalue weighted by Crippen LogP contribution is 2.36. The Morgan fingerprint density at radius 1 is 1.23 bits per heavy atom. The largest absolute Gasteiger partial charge is 0.493 e. The summed E-state index contributed by atoms with van der Waals surface area (Å²) < 4.78 is 6.31. The molecule has 2 aliphatic heterocycles. The molecule has 1 aromatic rings. The third-order valence-corrected chi connectivity index (χ3v) is 7.49. The van der Waals surface area contributed by atoms with Crippen LogP contribution in [0.25, 0.3) is 0 Å². The Kier molecular flexibility index (Phi) is 8.65. The van der Waals surface area contributed by atoms with Gasteiger partial charge in [0.25, 0.3) is 0 Å². The van der Waals surface area contributed by atoms with Gasteiger partial charge >= 0.3 is 0 Å². The van der Waals surface area contributed by atoms with Crippen LogP contribution >= 0.6 is 11.6 Å². The number of carbonyl (C=O) groups excluding carboxylic acids is 1. The van der Waals surface area contributed by atoms with E-state index in [1.165, 1.54) is 6.42 Å². The van der Waals surface area contributed by atoms with Gasteiger partial charge in [-0.25, -0.2) is 0 Å². The van der Waals surface area contributed by atoms with Crippen molar-refractivity contribution in [3.05, 3.63) is 28.8 Å². The van der Waals surface area contributed by atoms with Crippen LogP contribution in [0, 0.1) is 18.3 Å². The summed E-state index contributed by atoms with van der Waals surface area (Å²) in [6, 6.07) is 5.83. The number of hydrogen-bond donors (Lipinski definition) is 0. The minimum absolute atomic E-state index is 0.139. The fraction of sp³-hybridized carbons (Fsp3) is 0.720. The summed E-state index contributed by atoms with van der Waals surface area (Å²) in [6.07, 6.45) is 3.91. The Hall–Kier alpha value is -1.30. The molecule has 3 rings (SSSR count). The molecule has 2 saturated heterocycles. The molecule has 2 fully saturated rings. The molecule has 0 aromatic heterocycles. The summed E-state index contributed by atoms with van der Waals surface area (Å²) in [7, 11) is 2.12. The van der Waals surface area contributed by atoms with Crippen LogP contribution in [0.15, 0.2) is 18.2 Å². The highest BCUT2D eigenvalue weighted by atomic mass is 35.5. The van der Waals surface area contributed by atoms with E-state index < -0.39 is 0 Å². The number of piperidine rings is 1. The number of likely N-dealkylation sites (tertiary alicyclic amines) is 1. The van der Waals surface area contributed by atoms with Gasteiger partial charge in [-0.15, -0.1) is 0 Å². The zero-order valence-electron chi connectivity index (χ0n) is 19.8. The van der Waals surface area contributed by atoms with Gasteiger partial charge in [0.1, 0.15) is 5.75 Å². The van der Waals surface area contributed by atoms with Gasteiger partial charge in [-0.3, -0.25) is 4.79 Å². The molecular formula is C25H40ClN3O2. The molecule has 5 nitrogen and oxygen atoms in total. The van der Waals surface area contributed by atoms with Crippen LogP contribution in [0.1, 0.15) is 45.1 Å². The predicted octanol–water partition coefficient (Wildman–Crippen LogP) is 4.32. The molecule has 6 heteroatoms. The standard InChI is InChI=1S/C25H40ClN3O2/c1-5-20(2)17-28-10-6-9-25(18-28,16-24(30)29-13-11-27(4)12-14-29)19-31-22-7-8-23(26)21(3)15-22/h7-8,15,20H,5-6,9-14,16-19H2,1-4H3/t20-,25-/m0/s1. The quantitative estimate of drug-likeness (QED) is 0.592. The van der Waals surface area contributed by atoms with Crippen LogP contribution in [-0.4, -0.2) is 80.1 Å². The number of hydrogen-bond acceptors (Lipinski definition) is 4. The number of ether oxygens (including phenoxy) is 1. The molecule has 0 aliphatic carbocycles. The molecule has 31 heavy (non-hydrogen) atoms. The molecule has 174 valence electrons. The maximum atomic E-state index is 13.3. The van der Waals surface area contributed by atoms with Crippen molar-refractivity contribution in [2.45, 2.75) is 46.5 Å². The summed E-state index contributed by atoms with van der Waals surface area (Å²) in [5, 5.41) is 0.754. The first-order valence-corrected chi connectivity index (χ1v) is 12.3. The minimum Gasteiger partial charge on any atom is -0.493 e. The Bertz CT molecular complexity index is 735. The maximum Gasteiger partial charge on any atom is 0.223 e. The Balaban J connectivity index is 1.72. The average Bonchev–Trinajstić information content (AvgIpc) is 2.75. The van der Waals surface area contributed by atoms with Crippen molar-refractivity contribution in [1.82, 2.24) is 14.7 Å². The van der Waals surface area contributed by atoms with Crippen molar-refractivity contribution in [3.63, 3.8) is 0 Å². The average molecular weight is 450 g/mol. The number of likely N-dealkylation sites (N-methyl/N-ethyl adjacent to an activating group) is 1. The van der Waals surface area contributed by atoms with Crippen molar-refractivity contribution < 1.29 is 9.53 Å². The second-order valence-corrected chi connectivity index (χ2v) is 10.3. The van der Waals surface area contributed by atoms with E-state index in [0.717, 1.165) is 75.0 Å². The Morgan fingerprint density at radius 2 is 1.97 bits per heavy atom. The molecular weight excluding hydrogens is 410 g/mol. The SMILES string of the molecule is CC[C@H](C)CN1CCC[C@](COc2ccc(Cl)c(C)c2)(CC(=O)N2CCN(C)CC2)C1. The van der Waals surface area contributed by atoms with Gasteiger partial charge in [-0.05, 0) is 63.0 Å². The lowest BCUT2D eigenvalue weighted by atomic mass is 9.77. The predicted molar refractivity (Wildman–Crippen MR) is 128 cm³/mol. The number of benzene rings is 1. The number of aryl methyl sites for hydroxylation is 1. The Morgan fingerprint density at radius 3 is 2.65 bits per heavy atom. The first-order chi connectivity index (χ1) is 14.8. The molecule has 2 heterocycles. The molecule has 0 unspecified atom stereocenters. The van der Waals surface area contributed by atoms with Crippen LogP contribution in [0.4, 0.5) is 0 Å². The van der Waals surface area contributed by atoms with Crippen LogP contribution in [-0.2, 0) is 4.79 Å². The van der Waals surface area contributed by atoms with E-state index in [4.69, 9.17) is 16.3 Å². The first kappa shape index (κ1) is 24.3. The van der Waals surface area contributed by atoms with Gasteiger partial charge in [0.05, 0.1) is 6.61 Å². The third kappa shape index (κ3) is 6.84. The fourth-order valence-electron chi connectivity index (χ4n) is 4.78. The molecule has 0 N–H and O–H groups in total. The van der Waals surface area contributed by atoms with Crippen LogP contribution in [0.2, 0.25) is 5.02 Å². The van der Waals surface area contributed by atoms with Crippen molar-refractivity contribution in [2.75, 3.05) is 59.5 Å². The van der Waals surface area contributed by atoms with Gasteiger partial charge in [0.15, 0.2) is 0 Å². The number of halogens is 1. The molecule has 1 amide bonds. The maximum absolute atomic E-state index is 13.3. The van der Waals surface area contributed by atoms with E-state index in [-0.39, 0.29) is 11.3 Å². The van der Waals surface area contributed by atoms with E-state index >= 15 is 0 Å². The molecule has 1 aromatic carbocycles. The Labute approximate surface area is 193 Å². The normalized spacial score (nSPS) is 24.2. The first-order valence-electron chi connectivity index (χ1n) is 11.9. The minimum atomic E-state index is -0.139. The highest BCUT2D eigenvalue weighted by molar-refractivity contribution is 6.31. The fourth-order valence-corrected chi connectivity index (χ4v) is 4.90. The zero-order valence-corrected chi connectivity index (χ0v) is 20.6. The molecule has 0 spiro atoms. The summed E-state index contributed by atoms with van der Waals surface area (Å²) >= 11 is 6.19. The van der Waals surface area contributed by atoms with Gasteiger partial charge in [0, 0.05) is 56.1 Å². The summed E-state index contributed by atoms with van der Waals surface area (Å²) in [5.41, 5.74) is 0.878. The molecule has 0 bridgehead atoms. The van der Waals surface area contributed by atoms with E-state index in [2.05, 4.69) is 35.6 Å². The summed E-state index contributed by atoms with van der Waals surface area (Å²) in [6.45, 7) is 13.9. The van der Waals surface area contributed by atoms with Gasteiger partial charge in [-0.1, -0.05) is 31.9 Å². The lowest BCUT2D eigenvalue weighted by Crippen LogP contribution is -2.52. The number of carbonyl (C=O) groups is 1. The van der Waals surface area contributed by atoms with Crippen molar-refractivity contribution in [2.24, 2.45) is 11.3 Å². The van der Waals surface area contributed by atoms with Crippen LogP contribution in [0.3, 0.4) is 0 Å². The van der Waals surface area contributed by atoms with Gasteiger partial charge in [-0.2, -0.15) is 0 Å². The topological polar surface area (TPSA) is 36.0 Å². The molecule has 0 radical (unpaired) electrons. The van der Waals surface area contributed by atoms with Gasteiger partial charge in [0.2, 0.25) is 5.91 Å². The summed E-state index contributed by atoms with van der Waals surface area (Å²) in [4.78, 5) is 20.2. The van der Waals surface area contributed by atoms with Crippen molar-refractivity contribution in [1.29, 1.82) is 0 Å². The molecule has 2 atom stereocenters.